The van der Waals surface area contributed by atoms with Gasteiger partial charge in [-0.25, -0.2) is 4.79 Å². The number of hydrogen-bond donors (Lipinski definition) is 0. The van der Waals surface area contributed by atoms with Gasteiger partial charge < -0.3 is 9.47 Å². The smallest absolute Gasteiger partial charge is 0.338 e. The van der Waals surface area contributed by atoms with Crippen molar-refractivity contribution in [2.24, 2.45) is 5.92 Å². The van der Waals surface area contributed by atoms with Crippen LogP contribution in [0.4, 0.5) is 0 Å². The Hall–Kier alpha value is -3.11. The van der Waals surface area contributed by atoms with Crippen molar-refractivity contribution >= 4 is 5.97 Å². The minimum absolute atomic E-state index is 0.279. The van der Waals surface area contributed by atoms with E-state index in [0.29, 0.717) is 18.8 Å². The van der Waals surface area contributed by atoms with E-state index in [1.807, 2.05) is 42.5 Å². The summed E-state index contributed by atoms with van der Waals surface area (Å²) in [6.07, 6.45) is 3.56. The number of carbonyl (C=O) groups excluding carboxylic acids is 1. The summed E-state index contributed by atoms with van der Waals surface area (Å²) < 4.78 is 11.3. The fourth-order valence-electron chi connectivity index (χ4n) is 4.25. The van der Waals surface area contributed by atoms with Gasteiger partial charge in [-0.3, -0.25) is 4.90 Å². The summed E-state index contributed by atoms with van der Waals surface area (Å²) in [4.78, 5) is 14.8. The van der Waals surface area contributed by atoms with Gasteiger partial charge in [-0.1, -0.05) is 60.2 Å². The zero-order valence-electron chi connectivity index (χ0n) is 19.4. The average molecular weight is 444 g/mol. The van der Waals surface area contributed by atoms with Gasteiger partial charge in [-0.05, 0) is 80.6 Å². The average Bonchev–Trinajstić information content (AvgIpc) is 2.86. The Morgan fingerprint density at radius 3 is 2.27 bits per heavy atom. The number of rotatable bonds is 9. The Morgan fingerprint density at radius 1 is 0.879 bits per heavy atom. The van der Waals surface area contributed by atoms with Crippen LogP contribution in [0.1, 0.15) is 39.9 Å². The zero-order chi connectivity index (χ0) is 22.9. The lowest BCUT2D eigenvalue weighted by atomic mass is 9.90. The fourth-order valence-corrected chi connectivity index (χ4v) is 4.25. The highest BCUT2D eigenvalue weighted by atomic mass is 16.5. The molecule has 172 valence electrons. The van der Waals surface area contributed by atoms with Crippen molar-refractivity contribution in [3.63, 3.8) is 0 Å². The molecule has 0 bridgehead atoms. The molecule has 0 unspecified atom stereocenters. The normalized spacial score (nSPS) is 14.7. The Kier molecular flexibility index (Phi) is 8.15. The Balaban J connectivity index is 1.13. The van der Waals surface area contributed by atoms with E-state index in [9.17, 15) is 4.79 Å². The summed E-state index contributed by atoms with van der Waals surface area (Å²) in [6.45, 7) is 6.00. The maximum Gasteiger partial charge on any atom is 0.338 e. The van der Waals surface area contributed by atoms with E-state index < -0.39 is 0 Å². The van der Waals surface area contributed by atoms with Crippen molar-refractivity contribution in [1.29, 1.82) is 0 Å². The summed E-state index contributed by atoms with van der Waals surface area (Å²) in [5.41, 5.74) is 4.42. The molecule has 0 aromatic heterocycles. The molecule has 0 saturated carbocycles. The lowest BCUT2D eigenvalue weighted by molar-refractivity contribution is 0.0440. The van der Waals surface area contributed by atoms with Crippen LogP contribution in [0.15, 0.2) is 78.9 Å². The van der Waals surface area contributed by atoms with Crippen LogP contribution in [0.2, 0.25) is 0 Å². The number of benzene rings is 3. The van der Waals surface area contributed by atoms with Gasteiger partial charge in [0.15, 0.2) is 0 Å². The van der Waals surface area contributed by atoms with E-state index in [4.69, 9.17) is 9.47 Å². The molecule has 1 aliphatic heterocycles. The predicted octanol–water partition coefficient (Wildman–Crippen LogP) is 5.69. The molecule has 1 aliphatic rings. The van der Waals surface area contributed by atoms with Crippen molar-refractivity contribution in [2.75, 3.05) is 26.2 Å². The summed E-state index contributed by atoms with van der Waals surface area (Å²) in [5, 5.41) is 0. The summed E-state index contributed by atoms with van der Waals surface area (Å²) in [6, 6.07) is 26.1. The quantitative estimate of drug-likeness (QED) is 0.399. The molecule has 0 spiro atoms. The molecule has 33 heavy (non-hydrogen) atoms. The van der Waals surface area contributed by atoms with Gasteiger partial charge >= 0.3 is 5.97 Å². The number of esters is 1. The third kappa shape index (κ3) is 7.19. The second-order valence-corrected chi connectivity index (χ2v) is 8.91. The maximum absolute atomic E-state index is 12.4. The molecule has 4 rings (SSSR count). The number of nitrogens with zero attached hydrogens (tertiary/aromatic N) is 1. The fraction of sp³-hybridized carbons (Fsp3) is 0.345. The lowest BCUT2D eigenvalue weighted by Gasteiger charge is -2.31. The van der Waals surface area contributed by atoms with Gasteiger partial charge in [0.2, 0.25) is 0 Å². The standard InChI is InChI=1S/C29H33NO3/c1-23-7-9-24(10-8-23)21-25-15-17-30(18-16-25)19-20-32-29(31)27-11-13-28(14-12-27)33-22-26-5-3-2-4-6-26/h2-14,25H,15-22H2,1H3. The highest BCUT2D eigenvalue weighted by Gasteiger charge is 2.19. The van der Waals surface area contributed by atoms with Gasteiger partial charge in [-0.15, -0.1) is 0 Å². The first-order chi connectivity index (χ1) is 16.2. The molecule has 4 nitrogen and oxygen atoms in total. The number of hydrogen-bond acceptors (Lipinski definition) is 4. The van der Waals surface area contributed by atoms with E-state index in [0.717, 1.165) is 43.3 Å². The highest BCUT2D eigenvalue weighted by Crippen LogP contribution is 2.22. The van der Waals surface area contributed by atoms with Gasteiger partial charge in [-0.2, -0.15) is 0 Å². The van der Waals surface area contributed by atoms with E-state index in [-0.39, 0.29) is 5.97 Å². The SMILES string of the molecule is Cc1ccc(CC2CCN(CCOC(=O)c3ccc(OCc4ccccc4)cc3)CC2)cc1. The number of carbonyl (C=O) groups is 1. The summed E-state index contributed by atoms with van der Waals surface area (Å²) >= 11 is 0. The highest BCUT2D eigenvalue weighted by molar-refractivity contribution is 5.89. The van der Waals surface area contributed by atoms with Crippen LogP contribution in [-0.4, -0.2) is 37.1 Å². The van der Waals surface area contributed by atoms with Gasteiger partial charge in [0.05, 0.1) is 5.56 Å². The molecule has 1 saturated heterocycles. The van der Waals surface area contributed by atoms with Crippen LogP contribution in [-0.2, 0) is 17.8 Å². The van der Waals surface area contributed by atoms with E-state index in [2.05, 4.69) is 36.1 Å². The second-order valence-electron chi connectivity index (χ2n) is 8.91. The first-order valence-corrected chi connectivity index (χ1v) is 11.9. The summed E-state index contributed by atoms with van der Waals surface area (Å²) in [7, 11) is 0. The Morgan fingerprint density at radius 2 is 1.58 bits per heavy atom. The molecule has 3 aromatic carbocycles. The largest absolute Gasteiger partial charge is 0.489 e. The van der Waals surface area contributed by atoms with Crippen LogP contribution in [0.5, 0.6) is 5.75 Å². The topological polar surface area (TPSA) is 38.8 Å². The van der Waals surface area contributed by atoms with Crippen molar-refractivity contribution in [3.05, 3.63) is 101 Å². The molecule has 1 heterocycles. The van der Waals surface area contributed by atoms with Crippen LogP contribution in [0.3, 0.4) is 0 Å². The molecule has 3 aromatic rings. The summed E-state index contributed by atoms with van der Waals surface area (Å²) in [5.74, 6) is 1.21. The lowest BCUT2D eigenvalue weighted by Crippen LogP contribution is -2.36. The number of likely N-dealkylation sites (tertiary alicyclic amines) is 1. The Labute approximate surface area is 197 Å². The maximum atomic E-state index is 12.4. The molecule has 0 N–H and O–H groups in total. The molecular weight excluding hydrogens is 410 g/mol. The van der Waals surface area contributed by atoms with Crippen LogP contribution in [0, 0.1) is 12.8 Å². The van der Waals surface area contributed by atoms with Gasteiger partial charge in [0.1, 0.15) is 19.0 Å². The van der Waals surface area contributed by atoms with Crippen molar-refractivity contribution in [3.8, 4) is 5.75 Å². The molecule has 1 fully saturated rings. The van der Waals surface area contributed by atoms with Crippen LogP contribution < -0.4 is 4.74 Å². The van der Waals surface area contributed by atoms with Crippen LogP contribution >= 0.6 is 0 Å². The first kappa shape index (κ1) is 23.1. The van der Waals surface area contributed by atoms with Gasteiger partial charge in [0.25, 0.3) is 0 Å². The minimum Gasteiger partial charge on any atom is -0.489 e. The first-order valence-electron chi connectivity index (χ1n) is 11.9. The molecule has 4 heteroatoms. The van der Waals surface area contributed by atoms with E-state index >= 15 is 0 Å². The number of piperidine rings is 1. The van der Waals surface area contributed by atoms with Gasteiger partial charge in [0, 0.05) is 6.54 Å². The number of aryl methyl sites for hydroxylation is 1. The number of ether oxygens (including phenoxy) is 2. The Bertz CT molecular complexity index is 991. The van der Waals surface area contributed by atoms with Crippen molar-refractivity contribution in [2.45, 2.75) is 32.8 Å². The third-order valence-corrected chi connectivity index (χ3v) is 6.33. The van der Waals surface area contributed by atoms with Crippen molar-refractivity contribution < 1.29 is 14.3 Å². The monoisotopic (exact) mass is 443 g/mol. The molecule has 0 radical (unpaired) electrons. The van der Waals surface area contributed by atoms with Crippen LogP contribution in [0.25, 0.3) is 0 Å². The predicted molar refractivity (Wildman–Crippen MR) is 132 cm³/mol. The van der Waals surface area contributed by atoms with E-state index in [1.165, 1.54) is 24.0 Å². The molecule has 0 atom stereocenters. The third-order valence-electron chi connectivity index (χ3n) is 6.33. The second kappa shape index (κ2) is 11.7. The minimum atomic E-state index is -0.279. The van der Waals surface area contributed by atoms with E-state index in [1.54, 1.807) is 12.1 Å². The van der Waals surface area contributed by atoms with Crippen molar-refractivity contribution in [1.82, 2.24) is 4.90 Å². The molecule has 0 amide bonds. The molecule has 0 aliphatic carbocycles. The molecular formula is C29H33NO3. The zero-order valence-corrected chi connectivity index (χ0v) is 19.4.